The Bertz CT molecular complexity index is 490. The summed E-state index contributed by atoms with van der Waals surface area (Å²) < 4.78 is 5.26. The summed E-state index contributed by atoms with van der Waals surface area (Å²) in [5.74, 6) is 0.565. The number of hydrogen-bond donors (Lipinski definition) is 2. The van der Waals surface area contributed by atoms with Crippen molar-refractivity contribution in [2.45, 2.75) is 26.4 Å². The second-order valence-electron chi connectivity index (χ2n) is 5.04. The Kier molecular flexibility index (Phi) is 4.39. The predicted octanol–water partition coefficient (Wildman–Crippen LogP) is 2.93. The van der Waals surface area contributed by atoms with Crippen LogP contribution in [0.15, 0.2) is 30.5 Å². The van der Waals surface area contributed by atoms with Crippen LogP contribution in [0.3, 0.4) is 0 Å². The van der Waals surface area contributed by atoms with Gasteiger partial charge < -0.3 is 15.0 Å². The molecule has 2 aromatic rings. The number of rotatable bonds is 6. The maximum atomic E-state index is 5.26. The van der Waals surface area contributed by atoms with Gasteiger partial charge in [0.25, 0.3) is 0 Å². The molecule has 1 unspecified atom stereocenters. The first-order valence-electron chi connectivity index (χ1n) is 6.49. The molecule has 0 amide bonds. The summed E-state index contributed by atoms with van der Waals surface area (Å²) >= 11 is 0. The first-order chi connectivity index (χ1) is 8.72. The van der Waals surface area contributed by atoms with Crippen molar-refractivity contribution in [3.05, 3.63) is 36.0 Å². The Labute approximate surface area is 109 Å². The van der Waals surface area contributed by atoms with Gasteiger partial charge in [-0.15, -0.1) is 0 Å². The molecule has 1 atom stereocenters. The van der Waals surface area contributed by atoms with Crippen LogP contribution in [0.2, 0.25) is 0 Å². The molecule has 0 spiro atoms. The molecule has 3 nitrogen and oxygen atoms in total. The number of nitrogens with one attached hydrogen (secondary N) is 2. The van der Waals surface area contributed by atoms with Crippen LogP contribution in [0.5, 0.6) is 0 Å². The van der Waals surface area contributed by atoms with E-state index in [4.69, 9.17) is 4.74 Å². The monoisotopic (exact) mass is 246 g/mol. The fourth-order valence-corrected chi connectivity index (χ4v) is 2.21. The van der Waals surface area contributed by atoms with Gasteiger partial charge in [0.15, 0.2) is 0 Å². The molecule has 0 fully saturated rings. The number of aromatic amines is 1. The van der Waals surface area contributed by atoms with Gasteiger partial charge >= 0.3 is 0 Å². The third-order valence-corrected chi connectivity index (χ3v) is 3.39. The van der Waals surface area contributed by atoms with Crippen molar-refractivity contribution >= 4 is 10.9 Å². The van der Waals surface area contributed by atoms with Crippen molar-refractivity contribution in [1.29, 1.82) is 0 Å². The minimum absolute atomic E-state index is 0.393. The molecule has 2 rings (SSSR count). The molecule has 18 heavy (non-hydrogen) atoms. The lowest BCUT2D eigenvalue weighted by Crippen LogP contribution is -2.37. The number of ether oxygens (including phenoxy) is 1. The largest absolute Gasteiger partial charge is 0.383 e. The minimum atomic E-state index is 0.393. The van der Waals surface area contributed by atoms with Crippen molar-refractivity contribution in [3.63, 3.8) is 0 Å². The summed E-state index contributed by atoms with van der Waals surface area (Å²) in [7, 11) is 1.75. The average molecular weight is 246 g/mol. The van der Waals surface area contributed by atoms with Crippen molar-refractivity contribution in [3.8, 4) is 0 Å². The molecule has 0 aliphatic carbocycles. The molecule has 1 heterocycles. The van der Waals surface area contributed by atoms with Crippen LogP contribution in [0.4, 0.5) is 0 Å². The highest BCUT2D eigenvalue weighted by Crippen LogP contribution is 2.17. The number of aromatic nitrogens is 1. The fraction of sp³-hybridized carbons (Fsp3) is 0.467. The second kappa shape index (κ2) is 6.03. The lowest BCUT2D eigenvalue weighted by Gasteiger charge is -2.21. The van der Waals surface area contributed by atoms with Crippen LogP contribution in [0, 0.1) is 5.92 Å². The molecular weight excluding hydrogens is 224 g/mol. The molecule has 0 aliphatic heterocycles. The van der Waals surface area contributed by atoms with Gasteiger partial charge in [-0.25, -0.2) is 0 Å². The molecule has 0 bridgehead atoms. The van der Waals surface area contributed by atoms with Crippen molar-refractivity contribution < 1.29 is 4.74 Å². The van der Waals surface area contributed by atoms with Gasteiger partial charge in [0.2, 0.25) is 0 Å². The van der Waals surface area contributed by atoms with E-state index in [-0.39, 0.29) is 0 Å². The predicted molar refractivity (Wildman–Crippen MR) is 75.6 cm³/mol. The zero-order chi connectivity index (χ0) is 13.0. The molecule has 0 saturated carbocycles. The Balaban J connectivity index is 2.07. The van der Waals surface area contributed by atoms with Gasteiger partial charge in [-0.05, 0) is 23.6 Å². The number of methoxy groups -OCH3 is 1. The van der Waals surface area contributed by atoms with Gasteiger partial charge in [-0.1, -0.05) is 26.0 Å². The summed E-state index contributed by atoms with van der Waals surface area (Å²) in [4.78, 5) is 3.24. The summed E-state index contributed by atoms with van der Waals surface area (Å²) in [6.45, 7) is 6.06. The van der Waals surface area contributed by atoms with E-state index in [9.17, 15) is 0 Å². The molecule has 3 heteroatoms. The highest BCUT2D eigenvalue weighted by Gasteiger charge is 2.12. The number of hydrogen-bond acceptors (Lipinski definition) is 2. The maximum Gasteiger partial charge on any atom is 0.0618 e. The third kappa shape index (κ3) is 2.92. The Morgan fingerprint density at radius 3 is 2.83 bits per heavy atom. The molecule has 98 valence electrons. The normalized spacial score (nSPS) is 13.3. The number of H-pyrrole nitrogens is 1. The Hall–Kier alpha value is -1.32. The zero-order valence-electron chi connectivity index (χ0n) is 11.4. The highest BCUT2D eigenvalue weighted by molar-refractivity contribution is 5.82. The smallest absolute Gasteiger partial charge is 0.0618 e. The van der Waals surface area contributed by atoms with Crippen molar-refractivity contribution in [2.24, 2.45) is 5.92 Å². The minimum Gasteiger partial charge on any atom is -0.383 e. The van der Waals surface area contributed by atoms with E-state index in [1.54, 1.807) is 7.11 Å². The first-order valence-corrected chi connectivity index (χ1v) is 6.49. The summed E-state index contributed by atoms with van der Waals surface area (Å²) in [6, 6.07) is 8.90. The van der Waals surface area contributed by atoms with Crippen molar-refractivity contribution in [1.82, 2.24) is 10.3 Å². The van der Waals surface area contributed by atoms with Crippen LogP contribution < -0.4 is 5.32 Å². The molecule has 2 N–H and O–H groups in total. The van der Waals surface area contributed by atoms with Crippen LogP contribution in [0.25, 0.3) is 10.9 Å². The van der Waals surface area contributed by atoms with E-state index in [0.717, 1.165) is 13.2 Å². The molecule has 0 saturated heterocycles. The van der Waals surface area contributed by atoms with Gasteiger partial charge in [0.1, 0.15) is 0 Å². The Morgan fingerprint density at radius 2 is 2.11 bits per heavy atom. The number of fused-ring (bicyclic) bond motifs is 1. The SMILES string of the molecule is COCC(NCc1cccc2[nH]ccc12)C(C)C. The van der Waals surface area contributed by atoms with Gasteiger partial charge in [0, 0.05) is 36.8 Å². The van der Waals surface area contributed by atoms with Crippen molar-refractivity contribution in [2.75, 3.05) is 13.7 Å². The van der Waals surface area contributed by atoms with E-state index in [0.29, 0.717) is 12.0 Å². The lowest BCUT2D eigenvalue weighted by atomic mass is 10.0. The molecule has 0 radical (unpaired) electrons. The van der Waals surface area contributed by atoms with Crippen LogP contribution in [0.1, 0.15) is 19.4 Å². The third-order valence-electron chi connectivity index (χ3n) is 3.39. The zero-order valence-corrected chi connectivity index (χ0v) is 11.4. The average Bonchev–Trinajstić information content (AvgIpc) is 2.82. The van der Waals surface area contributed by atoms with E-state index in [2.05, 4.69) is 48.4 Å². The topological polar surface area (TPSA) is 37.0 Å². The first kappa shape index (κ1) is 13.1. The number of benzene rings is 1. The van der Waals surface area contributed by atoms with Crippen LogP contribution >= 0.6 is 0 Å². The summed E-state index contributed by atoms with van der Waals surface area (Å²) in [5.41, 5.74) is 2.53. The summed E-state index contributed by atoms with van der Waals surface area (Å²) in [6.07, 6.45) is 1.99. The fourth-order valence-electron chi connectivity index (χ4n) is 2.21. The standard InChI is InChI=1S/C15H22N2O/c1-11(2)15(10-18-3)17-9-12-5-4-6-14-13(12)7-8-16-14/h4-8,11,15-17H,9-10H2,1-3H3. The molecule has 1 aromatic heterocycles. The van der Waals surface area contributed by atoms with E-state index >= 15 is 0 Å². The quantitative estimate of drug-likeness (QED) is 0.822. The van der Waals surface area contributed by atoms with E-state index < -0.39 is 0 Å². The van der Waals surface area contributed by atoms with Crippen LogP contribution in [-0.2, 0) is 11.3 Å². The summed E-state index contributed by atoms with van der Waals surface area (Å²) in [5, 5.41) is 4.88. The molecule has 1 aromatic carbocycles. The lowest BCUT2D eigenvalue weighted by molar-refractivity contribution is 0.146. The van der Waals surface area contributed by atoms with Gasteiger partial charge in [-0.3, -0.25) is 0 Å². The highest BCUT2D eigenvalue weighted by atomic mass is 16.5. The Morgan fingerprint density at radius 1 is 1.28 bits per heavy atom. The van der Waals surface area contributed by atoms with Crippen LogP contribution in [-0.4, -0.2) is 24.7 Å². The van der Waals surface area contributed by atoms with Gasteiger partial charge in [-0.2, -0.15) is 0 Å². The van der Waals surface area contributed by atoms with E-state index in [1.165, 1.54) is 16.5 Å². The molecular formula is C15H22N2O. The van der Waals surface area contributed by atoms with Gasteiger partial charge in [0.05, 0.1) is 6.61 Å². The van der Waals surface area contributed by atoms with E-state index in [1.807, 2.05) is 6.20 Å². The second-order valence-corrected chi connectivity index (χ2v) is 5.04. The molecule has 0 aliphatic rings. The maximum absolute atomic E-state index is 5.26.